The van der Waals surface area contributed by atoms with E-state index >= 15 is 0 Å². The quantitative estimate of drug-likeness (QED) is 0.293. The minimum atomic E-state index is -0.0508. The Bertz CT molecular complexity index is 1280. The fourth-order valence-electron chi connectivity index (χ4n) is 3.96. The maximum Gasteiger partial charge on any atom is 0.224 e. The number of nitrogens with one attached hydrogen (secondary N) is 2. The maximum atomic E-state index is 12.3. The summed E-state index contributed by atoms with van der Waals surface area (Å²) in [5.74, 6) is 0.454. The maximum absolute atomic E-state index is 12.3. The Balaban J connectivity index is 1.23. The zero-order valence-corrected chi connectivity index (χ0v) is 22.0. The fraction of sp³-hybridized carbons (Fsp3) is 0.200. The van der Waals surface area contributed by atoms with Crippen molar-refractivity contribution in [2.45, 2.75) is 12.8 Å². The molecule has 0 aromatic heterocycles. The summed E-state index contributed by atoms with van der Waals surface area (Å²) in [6, 6.07) is 23.1. The molecule has 196 valence electrons. The number of ether oxygens (including phenoxy) is 1. The van der Waals surface area contributed by atoms with Crippen molar-refractivity contribution in [2.24, 2.45) is 10.7 Å². The van der Waals surface area contributed by atoms with Crippen LogP contribution in [0.4, 0.5) is 17.1 Å². The van der Waals surface area contributed by atoms with E-state index in [2.05, 4.69) is 39.2 Å². The highest BCUT2D eigenvalue weighted by atomic mass is 35.5. The molecule has 0 radical (unpaired) electrons. The number of allylic oxidation sites excluding steroid dienone is 1. The Labute approximate surface area is 228 Å². The number of amides is 1. The number of hydrogen-bond donors (Lipinski definition) is 3. The van der Waals surface area contributed by atoms with Gasteiger partial charge in [-0.25, -0.2) is 4.99 Å². The van der Waals surface area contributed by atoms with Gasteiger partial charge in [0.15, 0.2) is 0 Å². The molecule has 8 heteroatoms. The summed E-state index contributed by atoms with van der Waals surface area (Å²) < 4.78 is 5.41. The van der Waals surface area contributed by atoms with E-state index in [9.17, 15) is 4.79 Å². The Morgan fingerprint density at radius 1 is 0.974 bits per heavy atom. The van der Waals surface area contributed by atoms with Gasteiger partial charge >= 0.3 is 0 Å². The van der Waals surface area contributed by atoms with E-state index < -0.39 is 0 Å². The molecule has 1 fully saturated rings. The predicted molar refractivity (Wildman–Crippen MR) is 158 cm³/mol. The van der Waals surface area contributed by atoms with Crippen LogP contribution in [0.3, 0.4) is 0 Å². The minimum absolute atomic E-state index is 0.0508. The highest BCUT2D eigenvalue weighted by Crippen LogP contribution is 2.20. The minimum Gasteiger partial charge on any atom is -0.398 e. The molecule has 7 nitrogen and oxygen atoms in total. The van der Waals surface area contributed by atoms with Crippen LogP contribution in [0.25, 0.3) is 5.70 Å². The molecule has 0 saturated carbocycles. The van der Waals surface area contributed by atoms with Crippen molar-refractivity contribution in [2.75, 3.05) is 41.8 Å². The molecule has 0 atom stereocenters. The number of nitrogens with zero attached hydrogens (tertiary/aromatic N) is 2. The molecule has 38 heavy (non-hydrogen) atoms. The molecule has 3 aromatic carbocycles. The van der Waals surface area contributed by atoms with Crippen LogP contribution in [0.5, 0.6) is 0 Å². The van der Waals surface area contributed by atoms with Crippen LogP contribution >= 0.6 is 11.6 Å². The third-order valence-corrected chi connectivity index (χ3v) is 6.32. The molecule has 3 aromatic rings. The molecule has 1 aliphatic heterocycles. The van der Waals surface area contributed by atoms with Crippen molar-refractivity contribution in [1.29, 1.82) is 0 Å². The second-order valence-corrected chi connectivity index (χ2v) is 9.31. The number of benzene rings is 3. The van der Waals surface area contributed by atoms with Crippen LogP contribution in [-0.2, 0) is 16.0 Å². The first kappa shape index (κ1) is 27.0. The number of nitrogens with two attached hydrogens (primary N) is 1. The summed E-state index contributed by atoms with van der Waals surface area (Å²) in [7, 11) is 0. The van der Waals surface area contributed by atoms with E-state index in [4.69, 9.17) is 22.1 Å². The SMILES string of the molecule is C=C(N=C/C=C(\N)c1ccc(NC(=O)CCc2ccc(Cl)cc2)cc1)Nc1ccc(N2CCOCC2)cc1. The normalized spacial score (nSPS) is 13.9. The van der Waals surface area contributed by atoms with Gasteiger partial charge in [-0.05, 0) is 72.2 Å². The first-order valence-electron chi connectivity index (χ1n) is 12.5. The molecule has 1 aliphatic rings. The molecular weight excluding hydrogens is 498 g/mol. The largest absolute Gasteiger partial charge is 0.398 e. The molecule has 0 aliphatic carbocycles. The number of anilines is 3. The average Bonchev–Trinajstić information content (AvgIpc) is 2.94. The van der Waals surface area contributed by atoms with E-state index in [1.807, 2.05) is 60.7 Å². The standard InChI is InChI=1S/C30H32ClN5O2/c1-22(34-26-11-13-28(14-12-26)36-18-20-38-21-19-36)33-17-16-29(32)24-5-9-27(10-6-24)35-30(37)15-4-23-2-7-25(31)8-3-23/h2-3,5-14,16-17,34H,1,4,15,18-21,32H2,(H,35,37)/b29-16-,33-17?. The topological polar surface area (TPSA) is 92.0 Å². The van der Waals surface area contributed by atoms with Crippen molar-refractivity contribution < 1.29 is 9.53 Å². The summed E-state index contributed by atoms with van der Waals surface area (Å²) in [6.45, 7) is 7.28. The van der Waals surface area contributed by atoms with E-state index in [0.29, 0.717) is 35.1 Å². The summed E-state index contributed by atoms with van der Waals surface area (Å²) >= 11 is 5.90. The van der Waals surface area contributed by atoms with E-state index in [-0.39, 0.29) is 5.91 Å². The summed E-state index contributed by atoms with van der Waals surface area (Å²) in [5.41, 5.74) is 11.5. The van der Waals surface area contributed by atoms with Gasteiger partial charge in [0.05, 0.1) is 13.2 Å². The number of carbonyl (C=O) groups excluding carboxylic acids is 1. The van der Waals surface area contributed by atoms with Gasteiger partial charge in [0.25, 0.3) is 0 Å². The van der Waals surface area contributed by atoms with Crippen molar-refractivity contribution in [3.63, 3.8) is 0 Å². The van der Waals surface area contributed by atoms with Gasteiger partial charge in [-0.1, -0.05) is 42.4 Å². The first-order chi connectivity index (χ1) is 18.5. The van der Waals surface area contributed by atoms with Gasteiger partial charge in [0, 0.05) is 53.5 Å². The van der Waals surface area contributed by atoms with E-state index in [1.54, 1.807) is 12.3 Å². The average molecular weight is 530 g/mol. The lowest BCUT2D eigenvalue weighted by Crippen LogP contribution is -2.36. The van der Waals surface area contributed by atoms with Crippen molar-refractivity contribution in [1.82, 2.24) is 0 Å². The van der Waals surface area contributed by atoms with Gasteiger partial charge < -0.3 is 26.0 Å². The second-order valence-electron chi connectivity index (χ2n) is 8.87. The zero-order valence-electron chi connectivity index (χ0n) is 21.2. The molecule has 1 heterocycles. The number of hydrogen-bond acceptors (Lipinski definition) is 6. The highest BCUT2D eigenvalue weighted by Gasteiger charge is 2.10. The smallest absolute Gasteiger partial charge is 0.224 e. The lowest BCUT2D eigenvalue weighted by molar-refractivity contribution is -0.116. The number of morpholine rings is 1. The molecule has 4 rings (SSSR count). The molecule has 1 amide bonds. The van der Waals surface area contributed by atoms with Crippen molar-refractivity contribution in [3.05, 3.63) is 107 Å². The van der Waals surface area contributed by atoms with Crippen LogP contribution < -0.4 is 21.3 Å². The Morgan fingerprint density at radius 3 is 2.29 bits per heavy atom. The third-order valence-electron chi connectivity index (χ3n) is 6.07. The molecule has 4 N–H and O–H groups in total. The highest BCUT2D eigenvalue weighted by molar-refractivity contribution is 6.30. The predicted octanol–water partition coefficient (Wildman–Crippen LogP) is 5.70. The Kier molecular flexibility index (Phi) is 9.56. The van der Waals surface area contributed by atoms with Crippen molar-refractivity contribution in [3.8, 4) is 0 Å². The van der Waals surface area contributed by atoms with E-state index in [1.165, 1.54) is 5.69 Å². The Hall–Kier alpha value is -4.07. The zero-order chi connectivity index (χ0) is 26.7. The molecule has 0 unspecified atom stereocenters. The number of halogens is 1. The van der Waals surface area contributed by atoms with Crippen LogP contribution in [0.2, 0.25) is 5.02 Å². The molecule has 0 spiro atoms. The summed E-state index contributed by atoms with van der Waals surface area (Å²) in [4.78, 5) is 18.9. The first-order valence-corrected chi connectivity index (χ1v) is 12.9. The molecular formula is C30H32ClN5O2. The van der Waals surface area contributed by atoms with Crippen LogP contribution in [0, 0.1) is 0 Å². The van der Waals surface area contributed by atoms with Crippen LogP contribution in [0.15, 0.2) is 96.3 Å². The second kappa shape index (κ2) is 13.5. The molecule has 0 bridgehead atoms. The van der Waals surface area contributed by atoms with Gasteiger partial charge in [-0.2, -0.15) is 0 Å². The lowest BCUT2D eigenvalue weighted by atomic mass is 10.1. The van der Waals surface area contributed by atoms with E-state index in [0.717, 1.165) is 43.1 Å². The third kappa shape index (κ3) is 8.23. The fourth-order valence-corrected chi connectivity index (χ4v) is 4.08. The van der Waals surface area contributed by atoms with Crippen molar-refractivity contribution >= 4 is 46.5 Å². The Morgan fingerprint density at radius 2 is 1.61 bits per heavy atom. The van der Waals surface area contributed by atoms with Gasteiger partial charge in [-0.3, -0.25) is 4.79 Å². The lowest BCUT2D eigenvalue weighted by Gasteiger charge is -2.28. The molecule has 1 saturated heterocycles. The number of carbonyl (C=O) groups is 1. The van der Waals surface area contributed by atoms with Gasteiger partial charge in [0.1, 0.15) is 5.82 Å². The number of rotatable bonds is 10. The number of aryl methyl sites for hydroxylation is 1. The summed E-state index contributed by atoms with van der Waals surface area (Å²) in [6.07, 6.45) is 4.36. The van der Waals surface area contributed by atoms with Gasteiger partial charge in [-0.15, -0.1) is 0 Å². The van der Waals surface area contributed by atoms with Crippen LogP contribution in [0.1, 0.15) is 17.5 Å². The van der Waals surface area contributed by atoms with Gasteiger partial charge in [0.2, 0.25) is 5.91 Å². The monoisotopic (exact) mass is 529 g/mol. The summed E-state index contributed by atoms with van der Waals surface area (Å²) in [5, 5.41) is 6.78. The van der Waals surface area contributed by atoms with Crippen LogP contribution in [-0.4, -0.2) is 38.4 Å². The number of aliphatic imine (C=N–C) groups is 1.